The van der Waals surface area contributed by atoms with Crippen LogP contribution in [0.2, 0.25) is 0 Å². The predicted molar refractivity (Wildman–Crippen MR) is 76.4 cm³/mol. The van der Waals surface area contributed by atoms with Gasteiger partial charge in [-0.1, -0.05) is 33.1 Å². The second-order valence-electron chi connectivity index (χ2n) is 6.52. The number of aliphatic carboxylic acids is 1. The molecule has 1 saturated carbocycles. The monoisotopic (exact) mass is 282 g/mol. The van der Waals surface area contributed by atoms with Crippen LogP contribution in [0.1, 0.15) is 46.0 Å². The average Bonchev–Trinajstić information content (AvgIpc) is 2.76. The van der Waals surface area contributed by atoms with Crippen LogP contribution in [0, 0.1) is 17.8 Å². The molecule has 0 spiro atoms. The number of nitrogens with zero attached hydrogens (tertiary/aromatic N) is 1. The third-order valence-corrected chi connectivity index (χ3v) is 4.94. The summed E-state index contributed by atoms with van der Waals surface area (Å²) in [4.78, 5) is 25.4. The van der Waals surface area contributed by atoms with E-state index in [0.717, 1.165) is 38.8 Å². The summed E-state index contributed by atoms with van der Waals surface area (Å²) in [5.41, 5.74) is 0. The fourth-order valence-corrected chi connectivity index (χ4v) is 3.37. The summed E-state index contributed by atoms with van der Waals surface area (Å²) in [6.45, 7) is 5.72. The van der Waals surface area contributed by atoms with Gasteiger partial charge in [0.2, 0.25) is 0 Å². The molecule has 2 rings (SSSR count). The lowest BCUT2D eigenvalue weighted by Gasteiger charge is -2.29. The Hall–Kier alpha value is -1.26. The Bertz CT molecular complexity index is 356. The Kier molecular flexibility index (Phi) is 4.89. The summed E-state index contributed by atoms with van der Waals surface area (Å²) in [7, 11) is 0. The first-order chi connectivity index (χ1) is 9.49. The van der Waals surface area contributed by atoms with Crippen molar-refractivity contribution in [3.8, 4) is 0 Å². The zero-order valence-corrected chi connectivity index (χ0v) is 12.5. The number of carboxylic acid groups (broad SMARTS) is 1. The van der Waals surface area contributed by atoms with Crippen molar-refractivity contribution in [2.75, 3.05) is 13.1 Å². The lowest BCUT2D eigenvalue weighted by Crippen LogP contribution is -2.51. The summed E-state index contributed by atoms with van der Waals surface area (Å²) in [6, 6.07) is -0.937. The Morgan fingerprint density at radius 2 is 1.65 bits per heavy atom. The largest absolute Gasteiger partial charge is 0.480 e. The van der Waals surface area contributed by atoms with Crippen LogP contribution in [-0.4, -0.2) is 41.1 Å². The van der Waals surface area contributed by atoms with E-state index in [2.05, 4.69) is 19.2 Å². The van der Waals surface area contributed by atoms with Gasteiger partial charge >= 0.3 is 12.0 Å². The first-order valence-electron chi connectivity index (χ1n) is 7.77. The Labute approximate surface area is 120 Å². The average molecular weight is 282 g/mol. The van der Waals surface area contributed by atoms with Gasteiger partial charge in [-0.05, 0) is 30.6 Å². The molecule has 3 unspecified atom stereocenters. The van der Waals surface area contributed by atoms with Crippen molar-refractivity contribution in [3.63, 3.8) is 0 Å². The maximum Gasteiger partial charge on any atom is 0.326 e. The van der Waals surface area contributed by atoms with E-state index >= 15 is 0 Å². The molecule has 0 aromatic rings. The molecule has 1 aliphatic heterocycles. The first kappa shape index (κ1) is 15.1. The molecule has 2 aliphatic rings. The van der Waals surface area contributed by atoms with Crippen molar-refractivity contribution < 1.29 is 14.7 Å². The summed E-state index contributed by atoms with van der Waals surface area (Å²) in [5, 5.41) is 12.1. The lowest BCUT2D eigenvalue weighted by molar-refractivity contribution is -0.141. The highest BCUT2D eigenvalue weighted by atomic mass is 16.4. The highest BCUT2D eigenvalue weighted by molar-refractivity contribution is 5.83. The fourth-order valence-electron chi connectivity index (χ4n) is 3.37. The van der Waals surface area contributed by atoms with Crippen LogP contribution in [-0.2, 0) is 4.79 Å². The van der Waals surface area contributed by atoms with Crippen molar-refractivity contribution in [2.45, 2.75) is 52.0 Å². The van der Waals surface area contributed by atoms with Crippen LogP contribution in [0.25, 0.3) is 0 Å². The van der Waals surface area contributed by atoms with Gasteiger partial charge in [0.1, 0.15) is 6.04 Å². The number of likely N-dealkylation sites (tertiary alicyclic amines) is 1. The maximum absolute atomic E-state index is 12.2. The predicted octanol–water partition coefficient (Wildman–Crippen LogP) is 2.32. The minimum Gasteiger partial charge on any atom is -0.480 e. The number of carbonyl (C=O) groups excluding carboxylic acids is 1. The molecule has 1 saturated heterocycles. The van der Waals surface area contributed by atoms with Gasteiger partial charge in [-0.25, -0.2) is 9.59 Å². The molecule has 2 amide bonds. The smallest absolute Gasteiger partial charge is 0.326 e. The van der Waals surface area contributed by atoms with Gasteiger partial charge in [0, 0.05) is 13.1 Å². The van der Waals surface area contributed by atoms with Gasteiger partial charge in [-0.15, -0.1) is 0 Å². The fraction of sp³-hybridized carbons (Fsp3) is 0.867. The molecule has 0 aromatic carbocycles. The molecule has 114 valence electrons. The van der Waals surface area contributed by atoms with Gasteiger partial charge in [-0.3, -0.25) is 0 Å². The van der Waals surface area contributed by atoms with E-state index in [0.29, 0.717) is 11.8 Å². The molecule has 0 aromatic heterocycles. The van der Waals surface area contributed by atoms with Crippen LogP contribution >= 0.6 is 0 Å². The highest BCUT2D eigenvalue weighted by Crippen LogP contribution is 2.27. The van der Waals surface area contributed by atoms with Crippen molar-refractivity contribution in [1.82, 2.24) is 10.2 Å². The van der Waals surface area contributed by atoms with E-state index in [1.165, 1.54) is 6.42 Å². The van der Waals surface area contributed by atoms with Crippen LogP contribution < -0.4 is 5.32 Å². The third kappa shape index (κ3) is 3.44. The lowest BCUT2D eigenvalue weighted by atomic mass is 9.84. The van der Waals surface area contributed by atoms with Gasteiger partial charge in [0.05, 0.1) is 0 Å². The number of rotatable bonds is 3. The van der Waals surface area contributed by atoms with Gasteiger partial charge in [0.15, 0.2) is 0 Å². The minimum atomic E-state index is -0.898. The van der Waals surface area contributed by atoms with E-state index in [9.17, 15) is 14.7 Å². The summed E-state index contributed by atoms with van der Waals surface area (Å²) >= 11 is 0. The zero-order valence-electron chi connectivity index (χ0n) is 12.5. The molecule has 1 aliphatic carbocycles. The molecule has 0 bridgehead atoms. The van der Waals surface area contributed by atoms with Crippen molar-refractivity contribution in [2.24, 2.45) is 17.8 Å². The van der Waals surface area contributed by atoms with Crippen LogP contribution in [0.15, 0.2) is 0 Å². The highest BCUT2D eigenvalue weighted by Gasteiger charge is 2.34. The molecular formula is C15H26N2O3. The molecule has 3 atom stereocenters. The summed E-state index contributed by atoms with van der Waals surface area (Å²) in [5.74, 6) is 0.158. The third-order valence-electron chi connectivity index (χ3n) is 4.94. The van der Waals surface area contributed by atoms with E-state index in [-0.39, 0.29) is 11.9 Å². The van der Waals surface area contributed by atoms with Crippen molar-refractivity contribution >= 4 is 12.0 Å². The second-order valence-corrected chi connectivity index (χ2v) is 6.52. The normalized spacial score (nSPS) is 29.2. The Balaban J connectivity index is 1.94. The van der Waals surface area contributed by atoms with Crippen LogP contribution in [0.4, 0.5) is 4.79 Å². The molecule has 5 nitrogen and oxygen atoms in total. The number of carboxylic acids is 1. The summed E-state index contributed by atoms with van der Waals surface area (Å²) in [6.07, 6.45) is 5.14. The number of urea groups is 1. The van der Waals surface area contributed by atoms with Gasteiger partial charge in [0.25, 0.3) is 0 Å². The van der Waals surface area contributed by atoms with Crippen molar-refractivity contribution in [1.29, 1.82) is 0 Å². The molecule has 0 radical (unpaired) electrons. The number of carbonyl (C=O) groups is 2. The van der Waals surface area contributed by atoms with E-state index < -0.39 is 12.0 Å². The maximum atomic E-state index is 12.2. The number of hydrogen-bond donors (Lipinski definition) is 2. The molecule has 5 heteroatoms. The van der Waals surface area contributed by atoms with E-state index in [4.69, 9.17) is 0 Å². The molecule has 1 heterocycles. The number of amides is 2. The molecule has 20 heavy (non-hydrogen) atoms. The Morgan fingerprint density at radius 1 is 1.10 bits per heavy atom. The standard InChI is InChI=1S/C15H26N2O3/c1-10-8-17(9-11(10)2)15(20)16-13(14(18)19)12-6-4-3-5-7-12/h10-13H,3-9H2,1-2H3,(H,16,20)(H,18,19). The Morgan fingerprint density at radius 3 is 2.15 bits per heavy atom. The number of hydrogen-bond acceptors (Lipinski definition) is 2. The quantitative estimate of drug-likeness (QED) is 0.834. The van der Waals surface area contributed by atoms with Crippen molar-refractivity contribution in [3.05, 3.63) is 0 Å². The second kappa shape index (κ2) is 6.46. The van der Waals surface area contributed by atoms with Crippen LogP contribution in [0.5, 0.6) is 0 Å². The minimum absolute atomic E-state index is 0.0858. The van der Waals surface area contributed by atoms with E-state index in [1.54, 1.807) is 4.90 Å². The van der Waals surface area contributed by atoms with E-state index in [1.807, 2.05) is 0 Å². The van der Waals surface area contributed by atoms with Gasteiger partial charge in [-0.2, -0.15) is 0 Å². The zero-order chi connectivity index (χ0) is 14.7. The topological polar surface area (TPSA) is 69.6 Å². The van der Waals surface area contributed by atoms with Gasteiger partial charge < -0.3 is 15.3 Å². The molecule has 2 fully saturated rings. The SMILES string of the molecule is CC1CN(C(=O)NC(C(=O)O)C2CCCCC2)CC1C. The molecule has 2 N–H and O–H groups in total. The van der Waals surface area contributed by atoms with Crippen LogP contribution in [0.3, 0.4) is 0 Å². The number of nitrogens with one attached hydrogen (secondary N) is 1. The first-order valence-corrected chi connectivity index (χ1v) is 7.77. The summed E-state index contributed by atoms with van der Waals surface area (Å²) < 4.78 is 0. The molecular weight excluding hydrogens is 256 g/mol.